The van der Waals surface area contributed by atoms with Gasteiger partial charge in [0.1, 0.15) is 0 Å². The molecule has 2 aliphatic rings. The van der Waals surface area contributed by atoms with Crippen LogP contribution in [0.5, 0.6) is 0 Å². The van der Waals surface area contributed by atoms with Gasteiger partial charge in [-0.2, -0.15) is 0 Å². The standard InChI is InChI=1S/C48H46/c1-4-5-6-7-8-18-29-47(36-19-12-9-13-20-36)43-30-34(2)25-27-39(43)41-33-46-42(32-44(41)47)40-28-26-35(3)31-45(40)48(46,37-21-14-10-15-22-37)38-23-16-11-17-24-38/h9-17,19-28,30-33H,4-8,18,29H2,1-3H3. The maximum Gasteiger partial charge on any atom is 0.0713 e. The molecular weight excluding hydrogens is 577 g/mol. The molecule has 0 heterocycles. The Labute approximate surface area is 287 Å². The van der Waals surface area contributed by atoms with E-state index < -0.39 is 5.41 Å². The summed E-state index contributed by atoms with van der Waals surface area (Å²) < 4.78 is 0. The molecule has 0 heteroatoms. The van der Waals surface area contributed by atoms with E-state index in [9.17, 15) is 0 Å². The van der Waals surface area contributed by atoms with Crippen LogP contribution in [0.25, 0.3) is 22.3 Å². The predicted molar refractivity (Wildman–Crippen MR) is 203 cm³/mol. The van der Waals surface area contributed by atoms with Crippen molar-refractivity contribution in [1.82, 2.24) is 0 Å². The van der Waals surface area contributed by atoms with Crippen LogP contribution in [0.2, 0.25) is 0 Å². The molecule has 0 aromatic heterocycles. The van der Waals surface area contributed by atoms with Gasteiger partial charge in [-0.1, -0.05) is 184 Å². The van der Waals surface area contributed by atoms with Crippen LogP contribution >= 0.6 is 0 Å². The van der Waals surface area contributed by atoms with E-state index in [-0.39, 0.29) is 5.41 Å². The van der Waals surface area contributed by atoms with Gasteiger partial charge in [-0.3, -0.25) is 0 Å². The van der Waals surface area contributed by atoms with Gasteiger partial charge in [0.2, 0.25) is 0 Å². The number of hydrogen-bond acceptors (Lipinski definition) is 0. The van der Waals surface area contributed by atoms with E-state index in [4.69, 9.17) is 0 Å². The summed E-state index contributed by atoms with van der Waals surface area (Å²) in [6, 6.07) is 53.6. The molecule has 0 spiro atoms. The lowest BCUT2D eigenvalue weighted by atomic mass is 9.66. The quantitative estimate of drug-likeness (QED) is 0.133. The molecule has 6 aromatic rings. The molecule has 0 saturated heterocycles. The van der Waals surface area contributed by atoms with Gasteiger partial charge in [0.25, 0.3) is 0 Å². The van der Waals surface area contributed by atoms with E-state index in [0.717, 1.165) is 6.42 Å². The average Bonchev–Trinajstić information content (AvgIpc) is 3.56. The predicted octanol–water partition coefficient (Wildman–Crippen LogP) is 12.7. The highest BCUT2D eigenvalue weighted by molar-refractivity contribution is 5.93. The molecule has 2 aliphatic carbocycles. The highest BCUT2D eigenvalue weighted by Gasteiger charge is 2.50. The second-order valence-corrected chi connectivity index (χ2v) is 14.3. The summed E-state index contributed by atoms with van der Waals surface area (Å²) in [5.41, 5.74) is 17.4. The van der Waals surface area contributed by atoms with Gasteiger partial charge in [0.05, 0.1) is 5.41 Å². The van der Waals surface area contributed by atoms with E-state index in [1.54, 1.807) is 0 Å². The van der Waals surface area contributed by atoms with Gasteiger partial charge in [-0.05, 0) is 93.6 Å². The summed E-state index contributed by atoms with van der Waals surface area (Å²) in [6.07, 6.45) is 8.90. The molecule has 0 fully saturated rings. The molecule has 48 heavy (non-hydrogen) atoms. The molecule has 0 radical (unpaired) electrons. The minimum atomic E-state index is -0.406. The zero-order chi connectivity index (χ0) is 32.7. The monoisotopic (exact) mass is 622 g/mol. The molecule has 0 bridgehead atoms. The largest absolute Gasteiger partial charge is 0.0713 e. The van der Waals surface area contributed by atoms with Crippen molar-refractivity contribution in [2.75, 3.05) is 0 Å². The number of rotatable bonds is 10. The van der Waals surface area contributed by atoms with E-state index >= 15 is 0 Å². The lowest BCUT2D eigenvalue weighted by Gasteiger charge is -2.35. The maximum absolute atomic E-state index is 2.63. The van der Waals surface area contributed by atoms with Crippen LogP contribution < -0.4 is 0 Å². The van der Waals surface area contributed by atoms with Crippen LogP contribution in [0.3, 0.4) is 0 Å². The smallest absolute Gasteiger partial charge is 0.0654 e. The minimum absolute atomic E-state index is 0.187. The normalized spacial score (nSPS) is 16.6. The fourth-order valence-corrected chi connectivity index (χ4v) is 9.23. The molecule has 1 atom stereocenters. The Morgan fingerprint density at radius 2 is 0.833 bits per heavy atom. The van der Waals surface area contributed by atoms with Crippen molar-refractivity contribution in [1.29, 1.82) is 0 Å². The topological polar surface area (TPSA) is 0 Å². The van der Waals surface area contributed by atoms with Crippen molar-refractivity contribution < 1.29 is 0 Å². The summed E-state index contributed by atoms with van der Waals surface area (Å²) >= 11 is 0. The van der Waals surface area contributed by atoms with Gasteiger partial charge in [-0.25, -0.2) is 0 Å². The van der Waals surface area contributed by atoms with Gasteiger partial charge < -0.3 is 0 Å². The summed E-state index contributed by atoms with van der Waals surface area (Å²) in [4.78, 5) is 0. The first-order valence-electron chi connectivity index (χ1n) is 18.2. The molecule has 0 saturated carbocycles. The maximum atomic E-state index is 2.63. The number of hydrogen-bond donors (Lipinski definition) is 0. The summed E-state index contributed by atoms with van der Waals surface area (Å²) in [7, 11) is 0. The molecule has 8 rings (SSSR count). The summed E-state index contributed by atoms with van der Waals surface area (Å²) in [5.74, 6) is 0. The zero-order valence-electron chi connectivity index (χ0n) is 28.7. The highest BCUT2D eigenvalue weighted by atomic mass is 14.5. The molecule has 0 amide bonds. The van der Waals surface area contributed by atoms with Crippen LogP contribution in [0.4, 0.5) is 0 Å². The van der Waals surface area contributed by atoms with Gasteiger partial charge in [-0.15, -0.1) is 0 Å². The number of aryl methyl sites for hydroxylation is 2. The molecule has 238 valence electrons. The van der Waals surface area contributed by atoms with E-state index in [0.29, 0.717) is 0 Å². The van der Waals surface area contributed by atoms with Crippen LogP contribution in [0.15, 0.2) is 140 Å². The SMILES string of the molecule is CCCCCCCCC1(c2ccccc2)c2cc(C)ccc2-c2cc3c(cc21)-c1ccc(C)cc1C3(c1ccccc1)c1ccccc1. The zero-order valence-corrected chi connectivity index (χ0v) is 28.7. The lowest BCUT2D eigenvalue weighted by Crippen LogP contribution is -2.29. The Kier molecular flexibility index (Phi) is 7.92. The first-order valence-corrected chi connectivity index (χ1v) is 18.2. The fraction of sp³-hybridized carbons (Fsp3) is 0.250. The van der Waals surface area contributed by atoms with Crippen LogP contribution in [0.1, 0.15) is 102 Å². The molecule has 0 nitrogen and oxygen atoms in total. The second kappa shape index (κ2) is 12.4. The third-order valence-electron chi connectivity index (χ3n) is 11.4. The molecule has 0 N–H and O–H groups in total. The van der Waals surface area contributed by atoms with Crippen molar-refractivity contribution >= 4 is 0 Å². The van der Waals surface area contributed by atoms with Crippen molar-refractivity contribution in [2.45, 2.75) is 76.5 Å². The Balaban J connectivity index is 1.43. The fourth-order valence-electron chi connectivity index (χ4n) is 9.23. The van der Waals surface area contributed by atoms with Crippen LogP contribution in [-0.4, -0.2) is 0 Å². The number of benzene rings is 6. The average molecular weight is 623 g/mol. The van der Waals surface area contributed by atoms with Crippen molar-refractivity contribution in [2.24, 2.45) is 0 Å². The van der Waals surface area contributed by atoms with Crippen molar-refractivity contribution in [3.8, 4) is 22.3 Å². The van der Waals surface area contributed by atoms with Crippen molar-refractivity contribution in [3.05, 3.63) is 190 Å². The van der Waals surface area contributed by atoms with Gasteiger partial charge in [0, 0.05) is 5.41 Å². The third-order valence-corrected chi connectivity index (χ3v) is 11.4. The van der Waals surface area contributed by atoms with Gasteiger partial charge >= 0.3 is 0 Å². The van der Waals surface area contributed by atoms with Gasteiger partial charge in [0.15, 0.2) is 0 Å². The Morgan fingerprint density at radius 3 is 1.44 bits per heavy atom. The first kappa shape index (κ1) is 30.6. The van der Waals surface area contributed by atoms with Crippen molar-refractivity contribution in [3.63, 3.8) is 0 Å². The van der Waals surface area contributed by atoms with E-state index in [2.05, 4.69) is 160 Å². The Morgan fingerprint density at radius 1 is 0.396 bits per heavy atom. The Bertz CT molecular complexity index is 2030. The molecule has 0 aliphatic heterocycles. The molecule has 6 aromatic carbocycles. The van der Waals surface area contributed by atoms with E-state index in [1.807, 2.05) is 0 Å². The number of unbranched alkanes of at least 4 members (excludes halogenated alkanes) is 5. The number of fused-ring (bicyclic) bond motifs is 6. The lowest BCUT2D eigenvalue weighted by molar-refractivity contribution is 0.506. The second-order valence-electron chi connectivity index (χ2n) is 14.3. The van der Waals surface area contributed by atoms with Crippen LogP contribution in [0, 0.1) is 13.8 Å². The highest BCUT2D eigenvalue weighted by Crippen LogP contribution is 2.62. The third kappa shape index (κ3) is 4.64. The molecular formula is C48H46. The Hall–Kier alpha value is -4.68. The summed E-state index contributed by atoms with van der Waals surface area (Å²) in [6.45, 7) is 6.81. The van der Waals surface area contributed by atoms with E-state index in [1.165, 1.54) is 111 Å². The summed E-state index contributed by atoms with van der Waals surface area (Å²) in [5, 5.41) is 0. The molecule has 1 unspecified atom stereocenters. The van der Waals surface area contributed by atoms with Crippen LogP contribution in [-0.2, 0) is 10.8 Å². The first-order chi connectivity index (χ1) is 23.6. The minimum Gasteiger partial charge on any atom is -0.0654 e.